The van der Waals surface area contributed by atoms with Crippen LogP contribution in [0.15, 0.2) is 24.4 Å². The second kappa shape index (κ2) is 5.68. The number of nitrogens with zero attached hydrogens (tertiary/aromatic N) is 3. The molecule has 3 rings (SSSR count). The maximum atomic E-state index is 4.85. The first kappa shape index (κ1) is 14.4. The van der Waals surface area contributed by atoms with Gasteiger partial charge in [0, 0.05) is 32.4 Å². The van der Waals surface area contributed by atoms with Crippen molar-refractivity contribution in [1.29, 1.82) is 0 Å². The fourth-order valence-electron chi connectivity index (χ4n) is 2.90. The number of anilines is 1. The van der Waals surface area contributed by atoms with Gasteiger partial charge in [-0.05, 0) is 30.4 Å². The number of pyridine rings is 1. The normalized spacial score (nSPS) is 21.2. The number of nitrogens with one attached hydrogen (secondary N) is 1. The van der Waals surface area contributed by atoms with E-state index in [-0.39, 0.29) is 0 Å². The first-order valence-electron chi connectivity index (χ1n) is 7.96. The summed E-state index contributed by atoms with van der Waals surface area (Å²) in [7, 11) is 2.17. The summed E-state index contributed by atoms with van der Waals surface area (Å²) < 4.78 is 2.21. The van der Waals surface area contributed by atoms with Crippen molar-refractivity contribution in [3.05, 3.63) is 30.1 Å². The minimum Gasteiger partial charge on any atom is -0.358 e. The van der Waals surface area contributed by atoms with Crippen molar-refractivity contribution in [1.82, 2.24) is 14.7 Å². The molecule has 1 saturated carbocycles. The first-order valence-corrected chi connectivity index (χ1v) is 7.96. The zero-order chi connectivity index (χ0) is 15.0. The van der Waals surface area contributed by atoms with Crippen LogP contribution in [-0.4, -0.2) is 29.0 Å². The van der Waals surface area contributed by atoms with Crippen LogP contribution in [0.3, 0.4) is 0 Å². The van der Waals surface area contributed by atoms with Gasteiger partial charge >= 0.3 is 0 Å². The number of hydrogen-bond acceptors (Lipinski definition) is 3. The number of aromatic nitrogens is 2. The fourth-order valence-corrected chi connectivity index (χ4v) is 2.90. The predicted octanol–water partition coefficient (Wildman–Crippen LogP) is 2.92. The average molecular weight is 286 g/mol. The Kier molecular flexibility index (Phi) is 3.89. The SMILES string of the molecule is CC(C)NCc1c(N(C)CC2CC2C)nc2ccccn12. The van der Waals surface area contributed by atoms with Gasteiger partial charge in [0.25, 0.3) is 0 Å². The third-order valence-corrected chi connectivity index (χ3v) is 4.43. The van der Waals surface area contributed by atoms with Crippen molar-refractivity contribution in [2.24, 2.45) is 11.8 Å². The van der Waals surface area contributed by atoms with E-state index < -0.39 is 0 Å². The quantitative estimate of drug-likeness (QED) is 0.886. The lowest BCUT2D eigenvalue weighted by Gasteiger charge is -2.19. The van der Waals surface area contributed by atoms with E-state index in [2.05, 4.69) is 66.8 Å². The zero-order valence-corrected chi connectivity index (χ0v) is 13.5. The van der Waals surface area contributed by atoms with Crippen LogP contribution in [0.1, 0.15) is 32.9 Å². The Balaban J connectivity index is 1.89. The Bertz CT molecular complexity index is 616. The van der Waals surface area contributed by atoms with Gasteiger partial charge in [-0.25, -0.2) is 4.98 Å². The molecule has 0 bridgehead atoms. The van der Waals surface area contributed by atoms with E-state index in [9.17, 15) is 0 Å². The van der Waals surface area contributed by atoms with Crippen LogP contribution in [0.25, 0.3) is 5.65 Å². The fraction of sp³-hybridized carbons (Fsp3) is 0.588. The molecule has 2 atom stereocenters. The molecule has 4 heteroatoms. The molecule has 1 N–H and O–H groups in total. The van der Waals surface area contributed by atoms with Crippen molar-refractivity contribution >= 4 is 11.5 Å². The van der Waals surface area contributed by atoms with Crippen LogP contribution < -0.4 is 10.2 Å². The standard InChI is InChI=1S/C17H26N4/c1-12(2)18-10-15-17(20(4)11-14-9-13(14)3)19-16-7-5-6-8-21(15)16/h5-8,12-14,18H,9-11H2,1-4H3. The molecule has 1 fully saturated rings. The molecule has 0 aromatic carbocycles. The first-order chi connectivity index (χ1) is 10.1. The lowest BCUT2D eigenvalue weighted by atomic mass is 10.3. The third kappa shape index (κ3) is 3.05. The zero-order valence-electron chi connectivity index (χ0n) is 13.5. The van der Waals surface area contributed by atoms with Gasteiger partial charge in [0.05, 0.1) is 5.69 Å². The van der Waals surface area contributed by atoms with E-state index in [1.807, 2.05) is 0 Å². The molecule has 4 nitrogen and oxygen atoms in total. The van der Waals surface area contributed by atoms with Gasteiger partial charge in [-0.2, -0.15) is 0 Å². The number of rotatable bonds is 6. The highest BCUT2D eigenvalue weighted by Gasteiger charge is 2.34. The number of hydrogen-bond donors (Lipinski definition) is 1. The van der Waals surface area contributed by atoms with Gasteiger partial charge in [-0.1, -0.05) is 26.8 Å². The van der Waals surface area contributed by atoms with Crippen molar-refractivity contribution in [2.75, 3.05) is 18.5 Å². The maximum absolute atomic E-state index is 4.85. The molecule has 0 aliphatic heterocycles. The molecule has 0 amide bonds. The van der Waals surface area contributed by atoms with E-state index in [0.717, 1.165) is 36.4 Å². The lowest BCUT2D eigenvalue weighted by molar-refractivity contribution is 0.578. The Hall–Kier alpha value is -1.55. The van der Waals surface area contributed by atoms with Gasteiger partial charge in [-0.3, -0.25) is 0 Å². The molecule has 114 valence electrons. The highest BCUT2D eigenvalue weighted by Crippen LogP contribution is 2.39. The second-order valence-electron chi connectivity index (χ2n) is 6.70. The van der Waals surface area contributed by atoms with Crippen LogP contribution in [0.4, 0.5) is 5.82 Å². The van der Waals surface area contributed by atoms with Gasteiger partial charge in [0.2, 0.25) is 0 Å². The van der Waals surface area contributed by atoms with E-state index in [1.54, 1.807) is 0 Å². The third-order valence-electron chi connectivity index (χ3n) is 4.43. The molecule has 2 heterocycles. The molecule has 2 aromatic rings. The molecular weight excluding hydrogens is 260 g/mol. The smallest absolute Gasteiger partial charge is 0.152 e. The highest BCUT2D eigenvalue weighted by atomic mass is 15.2. The van der Waals surface area contributed by atoms with Crippen LogP contribution in [-0.2, 0) is 6.54 Å². The van der Waals surface area contributed by atoms with E-state index in [1.165, 1.54) is 12.1 Å². The summed E-state index contributed by atoms with van der Waals surface area (Å²) in [6, 6.07) is 6.67. The molecular formula is C17H26N4. The van der Waals surface area contributed by atoms with E-state index >= 15 is 0 Å². The predicted molar refractivity (Wildman–Crippen MR) is 87.7 cm³/mol. The minimum absolute atomic E-state index is 0.473. The number of fused-ring (bicyclic) bond motifs is 1. The monoisotopic (exact) mass is 286 g/mol. The molecule has 1 aliphatic rings. The Labute approximate surface area is 127 Å². The Morgan fingerprint density at radius 3 is 2.86 bits per heavy atom. The summed E-state index contributed by atoms with van der Waals surface area (Å²) in [6.07, 6.45) is 3.47. The molecule has 0 spiro atoms. The average Bonchev–Trinajstić information content (AvgIpc) is 3.01. The molecule has 0 radical (unpaired) electrons. The van der Waals surface area contributed by atoms with Gasteiger partial charge < -0.3 is 14.6 Å². The summed E-state index contributed by atoms with van der Waals surface area (Å²) in [5, 5.41) is 3.53. The van der Waals surface area contributed by atoms with Crippen molar-refractivity contribution in [3.8, 4) is 0 Å². The second-order valence-corrected chi connectivity index (χ2v) is 6.70. The van der Waals surface area contributed by atoms with Gasteiger partial charge in [0.1, 0.15) is 5.65 Å². The summed E-state index contributed by atoms with van der Waals surface area (Å²) >= 11 is 0. The van der Waals surface area contributed by atoms with Crippen LogP contribution in [0.2, 0.25) is 0 Å². The molecule has 21 heavy (non-hydrogen) atoms. The molecule has 1 aliphatic carbocycles. The summed E-state index contributed by atoms with van der Waals surface area (Å²) in [5.41, 5.74) is 2.29. The summed E-state index contributed by atoms with van der Waals surface area (Å²) in [6.45, 7) is 8.66. The summed E-state index contributed by atoms with van der Waals surface area (Å²) in [4.78, 5) is 7.18. The topological polar surface area (TPSA) is 32.6 Å². The van der Waals surface area contributed by atoms with E-state index in [4.69, 9.17) is 4.98 Å². The largest absolute Gasteiger partial charge is 0.358 e. The van der Waals surface area contributed by atoms with Crippen molar-refractivity contribution in [2.45, 2.75) is 39.8 Å². The van der Waals surface area contributed by atoms with Crippen LogP contribution >= 0.6 is 0 Å². The minimum atomic E-state index is 0.473. The van der Waals surface area contributed by atoms with Crippen molar-refractivity contribution in [3.63, 3.8) is 0 Å². The molecule has 2 aromatic heterocycles. The van der Waals surface area contributed by atoms with Gasteiger partial charge in [0.15, 0.2) is 5.82 Å². The van der Waals surface area contributed by atoms with E-state index in [0.29, 0.717) is 6.04 Å². The highest BCUT2D eigenvalue weighted by molar-refractivity contribution is 5.55. The number of imidazole rings is 1. The van der Waals surface area contributed by atoms with Crippen LogP contribution in [0.5, 0.6) is 0 Å². The summed E-state index contributed by atoms with van der Waals surface area (Å²) in [5.74, 6) is 2.83. The molecule has 0 saturated heterocycles. The van der Waals surface area contributed by atoms with Crippen molar-refractivity contribution < 1.29 is 0 Å². The molecule has 2 unspecified atom stereocenters. The van der Waals surface area contributed by atoms with Crippen LogP contribution in [0, 0.1) is 11.8 Å². The lowest BCUT2D eigenvalue weighted by Crippen LogP contribution is -2.26. The van der Waals surface area contributed by atoms with Gasteiger partial charge in [-0.15, -0.1) is 0 Å². The Morgan fingerprint density at radius 1 is 1.43 bits per heavy atom. The maximum Gasteiger partial charge on any atom is 0.152 e. The Morgan fingerprint density at radius 2 is 2.19 bits per heavy atom.